The lowest BCUT2D eigenvalue weighted by molar-refractivity contribution is 0.212. The molecule has 0 bridgehead atoms. The van der Waals surface area contributed by atoms with E-state index in [1.165, 1.54) is 8.61 Å². The van der Waals surface area contributed by atoms with E-state index in [1.54, 1.807) is 43.3 Å². The van der Waals surface area contributed by atoms with Crippen LogP contribution in [-0.2, 0) is 20.0 Å². The van der Waals surface area contributed by atoms with Gasteiger partial charge in [0.25, 0.3) is 0 Å². The normalized spacial score (nSPS) is 17.6. The fourth-order valence-electron chi connectivity index (χ4n) is 4.31. The molecule has 1 heterocycles. The third-order valence-electron chi connectivity index (χ3n) is 6.58. The van der Waals surface area contributed by atoms with Crippen LogP contribution in [0.2, 0.25) is 0 Å². The second-order valence-electron chi connectivity index (χ2n) is 9.59. The van der Waals surface area contributed by atoms with E-state index in [9.17, 15) is 16.8 Å². The standard InChI is InChI=1S/C27H40N2O6S2/c1-6-8-16-34-26-12-10-24(18-21(26)3)36(30,31)28-14-15-29(23(5)20-28)37(32,33)25-11-13-27(22(4)19-25)35-17-9-7-2/h10-13,18-19,23H,6-9,14-17,20H2,1-5H3/t23-/m1/s1. The first-order valence-electron chi connectivity index (χ1n) is 13.0. The Morgan fingerprint density at radius 1 is 0.784 bits per heavy atom. The third kappa shape index (κ3) is 6.85. The molecule has 0 radical (unpaired) electrons. The van der Waals surface area contributed by atoms with E-state index in [0.717, 1.165) is 36.8 Å². The van der Waals surface area contributed by atoms with Crippen LogP contribution < -0.4 is 9.47 Å². The van der Waals surface area contributed by atoms with Gasteiger partial charge in [-0.05, 0) is 81.1 Å². The van der Waals surface area contributed by atoms with Crippen molar-refractivity contribution in [2.45, 2.75) is 76.1 Å². The Morgan fingerprint density at radius 2 is 1.27 bits per heavy atom. The summed E-state index contributed by atoms with van der Waals surface area (Å²) in [6.07, 6.45) is 3.90. The topological polar surface area (TPSA) is 93.2 Å². The predicted molar refractivity (Wildman–Crippen MR) is 145 cm³/mol. The molecule has 1 aliphatic rings. The Kier molecular flexibility index (Phi) is 10.0. The van der Waals surface area contributed by atoms with Gasteiger partial charge in [-0.25, -0.2) is 16.8 Å². The molecule has 0 unspecified atom stereocenters. The van der Waals surface area contributed by atoms with Gasteiger partial charge in [0, 0.05) is 25.7 Å². The summed E-state index contributed by atoms with van der Waals surface area (Å²) in [5.41, 5.74) is 1.51. The van der Waals surface area contributed by atoms with E-state index in [-0.39, 0.29) is 29.4 Å². The molecule has 2 aromatic carbocycles. The molecular formula is C27H40N2O6S2. The average molecular weight is 553 g/mol. The molecule has 0 spiro atoms. The number of rotatable bonds is 12. The number of unbranched alkanes of at least 4 members (excludes halogenated alkanes) is 2. The molecule has 0 N–H and O–H groups in total. The maximum atomic E-state index is 13.4. The Labute approximate surface area is 222 Å². The quantitative estimate of drug-likeness (QED) is 0.353. The average Bonchev–Trinajstić information content (AvgIpc) is 2.85. The van der Waals surface area contributed by atoms with Gasteiger partial charge in [-0.15, -0.1) is 0 Å². The fraction of sp³-hybridized carbons (Fsp3) is 0.556. The summed E-state index contributed by atoms with van der Waals surface area (Å²) < 4.78 is 67.9. The van der Waals surface area contributed by atoms with E-state index in [0.29, 0.717) is 24.7 Å². The monoisotopic (exact) mass is 552 g/mol. The summed E-state index contributed by atoms with van der Waals surface area (Å²) in [7, 11) is -7.57. The zero-order valence-electron chi connectivity index (χ0n) is 22.6. The van der Waals surface area contributed by atoms with Crippen LogP contribution in [0.15, 0.2) is 46.2 Å². The molecule has 8 nitrogen and oxygen atoms in total. The highest BCUT2D eigenvalue weighted by Crippen LogP contribution is 2.29. The summed E-state index contributed by atoms with van der Waals surface area (Å²) >= 11 is 0. The number of hydrogen-bond donors (Lipinski definition) is 0. The van der Waals surface area contributed by atoms with Crippen molar-refractivity contribution in [3.05, 3.63) is 47.5 Å². The van der Waals surface area contributed by atoms with Crippen molar-refractivity contribution in [2.24, 2.45) is 0 Å². The number of ether oxygens (including phenoxy) is 2. The molecule has 10 heteroatoms. The van der Waals surface area contributed by atoms with Gasteiger partial charge in [0.2, 0.25) is 20.0 Å². The minimum Gasteiger partial charge on any atom is -0.493 e. The number of benzene rings is 2. The third-order valence-corrected chi connectivity index (χ3v) is 10.4. The number of hydrogen-bond acceptors (Lipinski definition) is 6. The first kappa shape index (κ1) is 29.4. The van der Waals surface area contributed by atoms with E-state index >= 15 is 0 Å². The molecule has 2 aromatic rings. The lowest BCUT2D eigenvalue weighted by Crippen LogP contribution is -2.55. The van der Waals surface area contributed by atoms with Crippen molar-refractivity contribution in [1.82, 2.24) is 8.61 Å². The maximum absolute atomic E-state index is 13.4. The van der Waals surface area contributed by atoms with Gasteiger partial charge in [-0.3, -0.25) is 0 Å². The van der Waals surface area contributed by atoms with Crippen molar-refractivity contribution in [2.75, 3.05) is 32.8 Å². The summed E-state index contributed by atoms with van der Waals surface area (Å²) in [5.74, 6) is 1.35. The number of sulfonamides is 2. The smallest absolute Gasteiger partial charge is 0.243 e. The molecule has 0 aromatic heterocycles. The highest BCUT2D eigenvalue weighted by Gasteiger charge is 2.38. The van der Waals surface area contributed by atoms with Crippen LogP contribution >= 0.6 is 0 Å². The minimum absolute atomic E-state index is 0.0759. The fourth-order valence-corrected chi connectivity index (χ4v) is 7.61. The van der Waals surface area contributed by atoms with E-state index in [1.807, 2.05) is 13.8 Å². The largest absolute Gasteiger partial charge is 0.493 e. The Balaban J connectivity index is 1.72. The van der Waals surface area contributed by atoms with Gasteiger partial charge in [0.05, 0.1) is 23.0 Å². The molecule has 0 aliphatic carbocycles. The number of aryl methyl sites for hydroxylation is 2. The van der Waals surface area contributed by atoms with Gasteiger partial charge >= 0.3 is 0 Å². The van der Waals surface area contributed by atoms with E-state index in [2.05, 4.69) is 13.8 Å². The maximum Gasteiger partial charge on any atom is 0.243 e. The number of nitrogens with zero attached hydrogens (tertiary/aromatic N) is 2. The Morgan fingerprint density at radius 3 is 1.70 bits per heavy atom. The van der Waals surface area contributed by atoms with Crippen molar-refractivity contribution >= 4 is 20.0 Å². The SMILES string of the molecule is CCCCOc1ccc(S(=O)(=O)N2CCN(S(=O)(=O)c3ccc(OCCCC)c(C)c3)[C@H](C)C2)cc1C. The van der Waals surface area contributed by atoms with Crippen LogP contribution in [0.4, 0.5) is 0 Å². The van der Waals surface area contributed by atoms with Gasteiger partial charge < -0.3 is 9.47 Å². The molecule has 1 atom stereocenters. The minimum atomic E-state index is -3.79. The summed E-state index contributed by atoms with van der Waals surface area (Å²) in [4.78, 5) is 0.371. The van der Waals surface area contributed by atoms with E-state index < -0.39 is 26.1 Å². The van der Waals surface area contributed by atoms with Crippen LogP contribution in [-0.4, -0.2) is 64.3 Å². The zero-order valence-corrected chi connectivity index (χ0v) is 24.2. The first-order valence-corrected chi connectivity index (χ1v) is 15.9. The van der Waals surface area contributed by atoms with Gasteiger partial charge in [0.15, 0.2) is 0 Å². The summed E-state index contributed by atoms with van der Waals surface area (Å²) in [6.45, 7) is 11.0. The highest BCUT2D eigenvalue weighted by molar-refractivity contribution is 7.89. The van der Waals surface area contributed by atoms with Crippen LogP contribution in [0.3, 0.4) is 0 Å². The van der Waals surface area contributed by atoms with Crippen LogP contribution in [0, 0.1) is 13.8 Å². The van der Waals surface area contributed by atoms with E-state index in [4.69, 9.17) is 9.47 Å². The van der Waals surface area contributed by atoms with Gasteiger partial charge in [0.1, 0.15) is 11.5 Å². The first-order chi connectivity index (χ1) is 17.5. The molecule has 206 valence electrons. The lowest BCUT2D eigenvalue weighted by atomic mass is 10.2. The van der Waals surface area contributed by atoms with Crippen LogP contribution in [0.25, 0.3) is 0 Å². The zero-order chi connectivity index (χ0) is 27.2. The molecule has 1 saturated heterocycles. The van der Waals surface area contributed by atoms with Crippen molar-refractivity contribution in [3.8, 4) is 11.5 Å². The molecule has 3 rings (SSSR count). The number of piperazine rings is 1. The Bertz CT molecular complexity index is 1280. The second-order valence-corrected chi connectivity index (χ2v) is 13.4. The van der Waals surface area contributed by atoms with Crippen LogP contribution in [0.5, 0.6) is 11.5 Å². The van der Waals surface area contributed by atoms with Crippen molar-refractivity contribution in [1.29, 1.82) is 0 Å². The summed E-state index contributed by atoms with van der Waals surface area (Å²) in [6, 6.07) is 9.24. The molecule has 0 saturated carbocycles. The van der Waals surface area contributed by atoms with Crippen molar-refractivity contribution < 1.29 is 26.3 Å². The predicted octanol–water partition coefficient (Wildman–Crippen LogP) is 4.74. The van der Waals surface area contributed by atoms with Crippen molar-refractivity contribution in [3.63, 3.8) is 0 Å². The molecule has 1 aliphatic heterocycles. The van der Waals surface area contributed by atoms with Gasteiger partial charge in [-0.2, -0.15) is 8.61 Å². The lowest BCUT2D eigenvalue weighted by Gasteiger charge is -2.38. The van der Waals surface area contributed by atoms with Crippen LogP contribution in [0.1, 0.15) is 57.6 Å². The molecule has 1 fully saturated rings. The summed E-state index contributed by atoms with van der Waals surface area (Å²) in [5, 5.41) is 0. The van der Waals surface area contributed by atoms with Gasteiger partial charge in [-0.1, -0.05) is 26.7 Å². The highest BCUT2D eigenvalue weighted by atomic mass is 32.2. The second kappa shape index (κ2) is 12.6. The Hall–Kier alpha value is -2.14. The molecule has 0 amide bonds. The molecule has 37 heavy (non-hydrogen) atoms. The molecular weight excluding hydrogens is 512 g/mol.